The van der Waals surface area contributed by atoms with E-state index in [1.165, 1.54) is 11.1 Å². The number of hydrogen-bond acceptors (Lipinski definition) is 5. The average Bonchev–Trinajstić information content (AvgIpc) is 3.34. The number of benzene rings is 1. The van der Waals surface area contributed by atoms with E-state index in [1.807, 2.05) is 7.05 Å². The minimum Gasteiger partial charge on any atom is -0.345 e. The van der Waals surface area contributed by atoms with Crippen LogP contribution < -0.4 is 0 Å². The van der Waals surface area contributed by atoms with Gasteiger partial charge in [0.2, 0.25) is 11.8 Å². The normalized spacial score (nSPS) is 17.9. The number of carbonyl (C=O) groups excluding carboxylic acids is 1. The molecule has 6 nitrogen and oxygen atoms in total. The molecule has 1 aromatic heterocycles. The molecule has 138 valence electrons. The summed E-state index contributed by atoms with van der Waals surface area (Å²) in [6, 6.07) is 8.64. The summed E-state index contributed by atoms with van der Waals surface area (Å²) in [5, 5.41) is 4.09. The molecule has 0 radical (unpaired) electrons. The number of aryl methyl sites for hydroxylation is 1. The van der Waals surface area contributed by atoms with E-state index in [1.54, 1.807) is 4.90 Å². The van der Waals surface area contributed by atoms with E-state index >= 15 is 0 Å². The van der Waals surface area contributed by atoms with Crippen LogP contribution in [0.1, 0.15) is 41.6 Å². The van der Waals surface area contributed by atoms with Gasteiger partial charge in [-0.15, -0.1) is 0 Å². The van der Waals surface area contributed by atoms with Crippen molar-refractivity contribution in [2.75, 3.05) is 26.7 Å². The van der Waals surface area contributed by atoms with Gasteiger partial charge in [-0.25, -0.2) is 0 Å². The van der Waals surface area contributed by atoms with Gasteiger partial charge in [0.05, 0.1) is 5.92 Å². The van der Waals surface area contributed by atoms with Gasteiger partial charge in [-0.2, -0.15) is 4.98 Å². The van der Waals surface area contributed by atoms with Crippen molar-refractivity contribution in [1.82, 2.24) is 19.9 Å². The van der Waals surface area contributed by atoms with Gasteiger partial charge >= 0.3 is 0 Å². The minimum atomic E-state index is 0.250. The molecular weight excluding hydrogens is 328 g/mol. The molecule has 1 saturated carbocycles. The molecule has 26 heavy (non-hydrogen) atoms. The molecule has 0 spiro atoms. The second-order valence-corrected chi connectivity index (χ2v) is 7.71. The number of likely N-dealkylation sites (tertiary alicyclic amines) is 1. The first-order chi connectivity index (χ1) is 12.6. The number of likely N-dealkylation sites (N-methyl/N-ethyl adjacent to an activating group) is 1. The first-order valence-corrected chi connectivity index (χ1v) is 9.44. The van der Waals surface area contributed by atoms with Crippen molar-refractivity contribution in [3.63, 3.8) is 0 Å². The summed E-state index contributed by atoms with van der Waals surface area (Å²) in [5.41, 5.74) is 2.64. The van der Waals surface area contributed by atoms with Crippen molar-refractivity contribution in [2.24, 2.45) is 5.92 Å². The third-order valence-corrected chi connectivity index (χ3v) is 5.25. The van der Waals surface area contributed by atoms with E-state index in [2.05, 4.69) is 46.2 Å². The average molecular weight is 354 g/mol. The first-order valence-electron chi connectivity index (χ1n) is 9.44. The summed E-state index contributed by atoms with van der Waals surface area (Å²) >= 11 is 0. The van der Waals surface area contributed by atoms with E-state index < -0.39 is 0 Å². The van der Waals surface area contributed by atoms with Gasteiger partial charge in [-0.3, -0.25) is 9.69 Å². The van der Waals surface area contributed by atoms with Crippen molar-refractivity contribution in [3.8, 4) is 0 Å². The fourth-order valence-corrected chi connectivity index (χ4v) is 3.48. The minimum absolute atomic E-state index is 0.250. The molecule has 0 atom stereocenters. The maximum Gasteiger partial charge on any atom is 0.232 e. The summed E-state index contributed by atoms with van der Waals surface area (Å²) in [5.74, 6) is 2.27. The van der Waals surface area contributed by atoms with Crippen LogP contribution in [0, 0.1) is 12.8 Å². The van der Waals surface area contributed by atoms with Crippen LogP contribution in [0.5, 0.6) is 0 Å². The summed E-state index contributed by atoms with van der Waals surface area (Å²) < 4.78 is 5.45. The Bertz CT molecular complexity index is 778. The van der Waals surface area contributed by atoms with Gasteiger partial charge < -0.3 is 9.42 Å². The second-order valence-electron chi connectivity index (χ2n) is 7.71. The highest BCUT2D eigenvalue weighted by molar-refractivity contribution is 5.80. The van der Waals surface area contributed by atoms with E-state index in [4.69, 9.17) is 4.52 Å². The zero-order valence-electron chi connectivity index (χ0n) is 15.5. The summed E-state index contributed by atoms with van der Waals surface area (Å²) in [7, 11) is 1.86. The molecule has 1 aliphatic heterocycles. The van der Waals surface area contributed by atoms with Gasteiger partial charge in [-0.1, -0.05) is 35.0 Å². The molecule has 1 amide bonds. The van der Waals surface area contributed by atoms with E-state index in [0.717, 1.165) is 38.4 Å². The molecule has 4 rings (SSSR count). The van der Waals surface area contributed by atoms with Gasteiger partial charge in [0, 0.05) is 45.6 Å². The molecule has 1 saturated heterocycles. The lowest BCUT2D eigenvalue weighted by atomic mass is 9.99. The van der Waals surface area contributed by atoms with Gasteiger partial charge in [0.25, 0.3) is 0 Å². The molecule has 6 heteroatoms. The van der Waals surface area contributed by atoms with Crippen molar-refractivity contribution in [2.45, 2.75) is 38.6 Å². The van der Waals surface area contributed by atoms with Gasteiger partial charge in [-0.05, 0) is 25.3 Å². The zero-order chi connectivity index (χ0) is 18.1. The van der Waals surface area contributed by atoms with Crippen molar-refractivity contribution in [3.05, 3.63) is 47.1 Å². The zero-order valence-corrected chi connectivity index (χ0v) is 15.5. The van der Waals surface area contributed by atoms with Crippen molar-refractivity contribution < 1.29 is 9.32 Å². The van der Waals surface area contributed by atoms with Crippen LogP contribution in [0.25, 0.3) is 0 Å². The Hall–Kier alpha value is -2.21. The SMILES string of the molecule is Cc1cccc(CN2CC(c3nc(CCN(C)C(=O)C4CC4)no3)C2)c1. The largest absolute Gasteiger partial charge is 0.345 e. The Morgan fingerprint density at radius 3 is 2.88 bits per heavy atom. The fraction of sp³-hybridized carbons (Fsp3) is 0.550. The number of amides is 1. The highest BCUT2D eigenvalue weighted by atomic mass is 16.5. The van der Waals surface area contributed by atoms with Gasteiger partial charge in [0.1, 0.15) is 0 Å². The first kappa shape index (κ1) is 17.2. The molecule has 1 aromatic carbocycles. The van der Waals surface area contributed by atoms with Crippen LogP contribution in [0.15, 0.2) is 28.8 Å². The Morgan fingerprint density at radius 1 is 1.35 bits per heavy atom. The Balaban J connectivity index is 1.23. The van der Waals surface area contributed by atoms with Crippen LogP contribution in [0.3, 0.4) is 0 Å². The molecule has 0 N–H and O–H groups in total. The molecule has 0 bridgehead atoms. The topological polar surface area (TPSA) is 62.5 Å². The molecule has 0 unspecified atom stereocenters. The molecule has 2 aromatic rings. The van der Waals surface area contributed by atoms with E-state index in [-0.39, 0.29) is 11.8 Å². The van der Waals surface area contributed by atoms with Crippen LogP contribution in [0.4, 0.5) is 0 Å². The van der Waals surface area contributed by atoms with Crippen LogP contribution in [0.2, 0.25) is 0 Å². The number of aromatic nitrogens is 2. The summed E-state index contributed by atoms with van der Waals surface area (Å²) in [6.07, 6.45) is 2.73. The summed E-state index contributed by atoms with van der Waals surface area (Å²) in [6.45, 7) is 5.65. The maximum absolute atomic E-state index is 12.0. The monoisotopic (exact) mass is 354 g/mol. The fourth-order valence-electron chi connectivity index (χ4n) is 3.48. The van der Waals surface area contributed by atoms with Crippen molar-refractivity contribution >= 4 is 5.91 Å². The number of hydrogen-bond donors (Lipinski definition) is 0. The molecule has 1 aliphatic carbocycles. The lowest BCUT2D eigenvalue weighted by Crippen LogP contribution is -2.44. The molecule has 2 fully saturated rings. The predicted molar refractivity (Wildman–Crippen MR) is 97.6 cm³/mol. The number of nitrogens with zero attached hydrogens (tertiary/aromatic N) is 4. The van der Waals surface area contributed by atoms with Crippen LogP contribution >= 0.6 is 0 Å². The summed E-state index contributed by atoms with van der Waals surface area (Å²) in [4.78, 5) is 20.7. The number of rotatable bonds is 7. The van der Waals surface area contributed by atoms with Crippen LogP contribution in [-0.2, 0) is 17.8 Å². The predicted octanol–water partition coefficient (Wildman–Crippen LogP) is 2.39. The highest BCUT2D eigenvalue weighted by Gasteiger charge is 2.33. The van der Waals surface area contributed by atoms with Crippen molar-refractivity contribution in [1.29, 1.82) is 0 Å². The third-order valence-electron chi connectivity index (χ3n) is 5.25. The lowest BCUT2D eigenvalue weighted by Gasteiger charge is -2.37. The maximum atomic E-state index is 12.0. The Labute approximate surface area is 154 Å². The lowest BCUT2D eigenvalue weighted by molar-refractivity contribution is -0.131. The Kier molecular flexibility index (Phi) is 4.76. The van der Waals surface area contributed by atoms with E-state index in [0.29, 0.717) is 24.7 Å². The third kappa shape index (κ3) is 3.96. The van der Waals surface area contributed by atoms with E-state index in [9.17, 15) is 4.79 Å². The second kappa shape index (κ2) is 7.19. The molecule has 2 heterocycles. The Morgan fingerprint density at radius 2 is 2.15 bits per heavy atom. The molecular formula is C20H26N4O2. The quantitative estimate of drug-likeness (QED) is 0.764. The number of carbonyl (C=O) groups is 1. The molecule has 2 aliphatic rings. The standard InChI is InChI=1S/C20H26N4O2/c1-14-4-3-5-15(10-14)11-24-12-17(13-24)19-21-18(22-26-19)8-9-23(2)20(25)16-6-7-16/h3-5,10,16-17H,6-9,11-13H2,1-2H3. The highest BCUT2D eigenvalue weighted by Crippen LogP contribution is 2.30. The smallest absolute Gasteiger partial charge is 0.232 e. The van der Waals surface area contributed by atoms with Gasteiger partial charge in [0.15, 0.2) is 5.82 Å². The van der Waals surface area contributed by atoms with Crippen LogP contribution in [-0.4, -0.2) is 52.5 Å².